The van der Waals surface area contributed by atoms with Gasteiger partial charge in [-0.2, -0.15) is 14.5 Å². The molecule has 148 valence electrons. The number of carboxylic acid groups (broad SMARTS) is 1. The Labute approximate surface area is 164 Å². The van der Waals surface area contributed by atoms with Crippen LogP contribution in [0.3, 0.4) is 0 Å². The third-order valence-corrected chi connectivity index (χ3v) is 6.50. The zero-order chi connectivity index (χ0) is 20.3. The molecule has 1 aliphatic rings. The van der Waals surface area contributed by atoms with E-state index in [1.165, 1.54) is 12.1 Å². The zero-order valence-electron chi connectivity index (χ0n) is 15.7. The van der Waals surface area contributed by atoms with E-state index in [4.69, 9.17) is 0 Å². The third-order valence-electron chi connectivity index (χ3n) is 4.58. The van der Waals surface area contributed by atoms with Gasteiger partial charge >= 0.3 is 5.97 Å². The maximum absolute atomic E-state index is 12.7. The average molecular weight is 402 g/mol. The van der Waals surface area contributed by atoms with Crippen molar-refractivity contribution in [1.29, 1.82) is 0 Å². The fourth-order valence-corrected chi connectivity index (χ4v) is 4.68. The van der Waals surface area contributed by atoms with Crippen LogP contribution in [0.25, 0.3) is 0 Å². The molecule has 2 aromatic rings. The van der Waals surface area contributed by atoms with Crippen molar-refractivity contribution in [3.63, 3.8) is 0 Å². The molecule has 0 aromatic heterocycles. The van der Waals surface area contributed by atoms with Crippen molar-refractivity contribution in [2.75, 3.05) is 25.5 Å². The Morgan fingerprint density at radius 1 is 1.04 bits per heavy atom. The van der Waals surface area contributed by atoms with Crippen LogP contribution in [-0.4, -0.2) is 50.5 Å². The number of carbonyl (C=O) groups is 1. The second kappa shape index (κ2) is 8.07. The molecular formula is C19H22N4O4S. The van der Waals surface area contributed by atoms with E-state index >= 15 is 0 Å². The summed E-state index contributed by atoms with van der Waals surface area (Å²) in [4.78, 5) is 13.3. The monoisotopic (exact) mass is 402 g/mol. The minimum Gasteiger partial charge on any atom is -0.480 e. The van der Waals surface area contributed by atoms with Gasteiger partial charge in [-0.25, -0.2) is 8.42 Å². The molecule has 1 saturated heterocycles. The largest absolute Gasteiger partial charge is 0.480 e. The molecule has 0 saturated carbocycles. The predicted octanol–water partition coefficient (Wildman–Crippen LogP) is 3.41. The van der Waals surface area contributed by atoms with Crippen molar-refractivity contribution in [3.8, 4) is 0 Å². The van der Waals surface area contributed by atoms with Gasteiger partial charge in [0, 0.05) is 26.3 Å². The van der Waals surface area contributed by atoms with Crippen LogP contribution in [0.2, 0.25) is 0 Å². The number of rotatable bonds is 6. The van der Waals surface area contributed by atoms with E-state index in [0.29, 0.717) is 24.2 Å². The number of aliphatic carboxylic acids is 1. The Hall–Kier alpha value is -2.78. The van der Waals surface area contributed by atoms with Gasteiger partial charge < -0.3 is 10.0 Å². The molecule has 8 nitrogen and oxygen atoms in total. The van der Waals surface area contributed by atoms with Gasteiger partial charge in [0.05, 0.1) is 16.3 Å². The number of azo groups is 1. The van der Waals surface area contributed by atoms with Gasteiger partial charge in [0.2, 0.25) is 10.0 Å². The van der Waals surface area contributed by atoms with Crippen molar-refractivity contribution >= 4 is 33.1 Å². The Morgan fingerprint density at radius 2 is 1.57 bits per heavy atom. The quantitative estimate of drug-likeness (QED) is 0.746. The van der Waals surface area contributed by atoms with E-state index in [0.717, 1.165) is 9.99 Å². The van der Waals surface area contributed by atoms with Crippen molar-refractivity contribution in [2.24, 2.45) is 10.2 Å². The maximum atomic E-state index is 12.7. The third kappa shape index (κ3) is 4.20. The molecule has 0 amide bonds. The van der Waals surface area contributed by atoms with Gasteiger partial charge in [0.1, 0.15) is 6.04 Å². The summed E-state index contributed by atoms with van der Waals surface area (Å²) >= 11 is 0. The highest BCUT2D eigenvalue weighted by Crippen LogP contribution is 2.28. The number of carboxylic acids is 1. The van der Waals surface area contributed by atoms with Crippen LogP contribution in [0.15, 0.2) is 63.7 Å². The molecule has 0 radical (unpaired) electrons. The number of hydrogen-bond acceptors (Lipinski definition) is 6. The first-order valence-electron chi connectivity index (χ1n) is 8.83. The lowest BCUT2D eigenvalue weighted by atomic mass is 10.2. The molecule has 1 fully saturated rings. The lowest BCUT2D eigenvalue weighted by Crippen LogP contribution is -2.40. The molecule has 0 spiro atoms. The minimum absolute atomic E-state index is 0.0509. The van der Waals surface area contributed by atoms with Gasteiger partial charge in [-0.3, -0.25) is 4.79 Å². The van der Waals surface area contributed by atoms with E-state index in [2.05, 4.69) is 10.2 Å². The molecule has 0 aliphatic carbocycles. The SMILES string of the molecule is CN(C)c1ccc(N=Nc2ccc(S(=O)(=O)N3CCCC3C(=O)O)cc2)cc1. The number of hydrogen-bond donors (Lipinski definition) is 1. The summed E-state index contributed by atoms with van der Waals surface area (Å²) in [6.45, 7) is 0.212. The number of sulfonamides is 1. The van der Waals surface area contributed by atoms with Crippen molar-refractivity contribution < 1.29 is 18.3 Å². The van der Waals surface area contributed by atoms with Crippen LogP contribution in [0.5, 0.6) is 0 Å². The van der Waals surface area contributed by atoms with Gasteiger partial charge in [-0.05, 0) is 61.4 Å². The van der Waals surface area contributed by atoms with Crippen LogP contribution in [0, 0.1) is 0 Å². The average Bonchev–Trinajstić information content (AvgIpc) is 3.18. The highest BCUT2D eigenvalue weighted by molar-refractivity contribution is 7.89. The summed E-state index contributed by atoms with van der Waals surface area (Å²) in [6, 6.07) is 12.5. The first kappa shape index (κ1) is 20.0. The molecule has 2 aromatic carbocycles. The summed E-state index contributed by atoms with van der Waals surface area (Å²) in [7, 11) is 0.0485. The van der Waals surface area contributed by atoms with Gasteiger partial charge in [-0.1, -0.05) is 0 Å². The number of anilines is 1. The lowest BCUT2D eigenvalue weighted by molar-refractivity contribution is -0.140. The van der Waals surface area contributed by atoms with E-state index in [-0.39, 0.29) is 11.4 Å². The number of nitrogens with zero attached hydrogens (tertiary/aromatic N) is 4. The van der Waals surface area contributed by atoms with E-state index in [1.807, 2.05) is 43.3 Å². The molecule has 1 atom stereocenters. The molecular weight excluding hydrogens is 380 g/mol. The Morgan fingerprint density at radius 3 is 2.07 bits per heavy atom. The first-order valence-corrected chi connectivity index (χ1v) is 10.3. The standard InChI is InChI=1S/C19H22N4O4S/c1-22(2)16-9-5-14(6-10-16)20-21-15-7-11-17(12-8-15)28(26,27)23-13-3-4-18(23)19(24)25/h5-12,18H,3-4,13H2,1-2H3,(H,24,25). The zero-order valence-corrected chi connectivity index (χ0v) is 16.5. The Kier molecular flexibility index (Phi) is 5.76. The van der Waals surface area contributed by atoms with Crippen molar-refractivity contribution in [3.05, 3.63) is 48.5 Å². The van der Waals surface area contributed by atoms with Crippen LogP contribution >= 0.6 is 0 Å². The van der Waals surface area contributed by atoms with E-state index in [1.54, 1.807) is 12.1 Å². The highest BCUT2D eigenvalue weighted by Gasteiger charge is 2.39. The predicted molar refractivity (Wildman–Crippen MR) is 106 cm³/mol. The maximum Gasteiger partial charge on any atom is 0.322 e. The fraction of sp³-hybridized carbons (Fsp3) is 0.316. The second-order valence-corrected chi connectivity index (χ2v) is 8.61. The molecule has 1 heterocycles. The van der Waals surface area contributed by atoms with E-state index in [9.17, 15) is 18.3 Å². The summed E-state index contributed by atoms with van der Waals surface area (Å²) in [5.41, 5.74) is 2.24. The molecule has 0 bridgehead atoms. The molecule has 3 rings (SSSR count). The van der Waals surface area contributed by atoms with E-state index < -0.39 is 22.0 Å². The van der Waals surface area contributed by atoms with Gasteiger partial charge in [0.15, 0.2) is 0 Å². The fourth-order valence-electron chi connectivity index (χ4n) is 3.03. The van der Waals surface area contributed by atoms with Crippen LogP contribution in [-0.2, 0) is 14.8 Å². The van der Waals surface area contributed by atoms with Gasteiger partial charge in [-0.15, -0.1) is 0 Å². The van der Waals surface area contributed by atoms with Crippen molar-refractivity contribution in [2.45, 2.75) is 23.8 Å². The summed E-state index contributed by atoms with van der Waals surface area (Å²) in [5.74, 6) is -1.12. The Balaban J connectivity index is 1.75. The second-order valence-electron chi connectivity index (χ2n) is 6.72. The molecule has 1 aliphatic heterocycles. The van der Waals surface area contributed by atoms with Crippen LogP contribution in [0.1, 0.15) is 12.8 Å². The molecule has 28 heavy (non-hydrogen) atoms. The minimum atomic E-state index is -3.85. The lowest BCUT2D eigenvalue weighted by Gasteiger charge is -2.20. The summed E-state index contributed by atoms with van der Waals surface area (Å²) < 4.78 is 26.5. The Bertz CT molecular complexity index is 970. The highest BCUT2D eigenvalue weighted by atomic mass is 32.2. The summed E-state index contributed by atoms with van der Waals surface area (Å²) in [5, 5.41) is 17.5. The first-order chi connectivity index (χ1) is 13.3. The normalized spacial score (nSPS) is 17.9. The smallest absolute Gasteiger partial charge is 0.322 e. The number of benzene rings is 2. The van der Waals surface area contributed by atoms with Crippen LogP contribution in [0.4, 0.5) is 17.1 Å². The van der Waals surface area contributed by atoms with Crippen molar-refractivity contribution in [1.82, 2.24) is 4.31 Å². The topological polar surface area (TPSA) is 103 Å². The molecule has 1 N–H and O–H groups in total. The summed E-state index contributed by atoms with van der Waals surface area (Å²) in [6.07, 6.45) is 0.864. The van der Waals surface area contributed by atoms with Gasteiger partial charge in [0.25, 0.3) is 0 Å². The van der Waals surface area contributed by atoms with Crippen LogP contribution < -0.4 is 4.90 Å². The molecule has 9 heteroatoms. The molecule has 1 unspecified atom stereocenters.